The van der Waals surface area contributed by atoms with Gasteiger partial charge in [0, 0.05) is 11.9 Å². The highest BCUT2D eigenvalue weighted by Crippen LogP contribution is 2.38. The van der Waals surface area contributed by atoms with Gasteiger partial charge in [0.15, 0.2) is 0 Å². The van der Waals surface area contributed by atoms with Crippen molar-refractivity contribution in [1.82, 2.24) is 9.47 Å². The quantitative estimate of drug-likeness (QED) is 0.866. The maximum Gasteiger partial charge on any atom is 0.329 e. The molecule has 0 radical (unpaired) electrons. The predicted octanol–water partition coefficient (Wildman–Crippen LogP) is 1.30. The number of likely N-dealkylation sites (N-methyl/N-ethyl adjacent to an activating group) is 1. The van der Waals surface area contributed by atoms with Gasteiger partial charge in [-0.05, 0) is 37.2 Å². The van der Waals surface area contributed by atoms with Crippen molar-refractivity contribution in [3.8, 4) is 5.75 Å². The van der Waals surface area contributed by atoms with E-state index in [0.717, 1.165) is 40.9 Å². The van der Waals surface area contributed by atoms with Crippen LogP contribution >= 0.6 is 0 Å². The van der Waals surface area contributed by atoms with E-state index in [0.29, 0.717) is 0 Å². The van der Waals surface area contributed by atoms with Crippen LogP contribution in [0.25, 0.3) is 10.9 Å². The van der Waals surface area contributed by atoms with Crippen LogP contribution in [0, 0.1) is 0 Å². The fraction of sp³-hybridized carbons (Fsp3) is 0.438. The number of hydrogen-bond acceptors (Lipinski definition) is 5. The number of carbonyl (C=O) groups is 1. The third kappa shape index (κ3) is 2.07. The van der Waals surface area contributed by atoms with Crippen molar-refractivity contribution in [2.45, 2.75) is 19.2 Å². The minimum absolute atomic E-state index is 0.181. The van der Waals surface area contributed by atoms with E-state index >= 15 is 0 Å². The number of rotatable bonds is 3. The molecule has 0 saturated carbocycles. The number of methoxy groups -OCH3 is 2. The molecule has 3 rings (SSSR count). The number of esters is 1. The topological polar surface area (TPSA) is 63.9 Å². The molecule has 118 valence electrons. The second-order valence-electron chi connectivity index (χ2n) is 5.47. The molecule has 0 fully saturated rings. The zero-order chi connectivity index (χ0) is 15.9. The first-order valence-electron chi connectivity index (χ1n) is 7.20. The SMILES string of the molecule is COC(=O)C1c2c(c3cc(OC)ccc3n2CO)CCN1C. The van der Waals surface area contributed by atoms with E-state index in [1.807, 2.05) is 30.1 Å². The van der Waals surface area contributed by atoms with Gasteiger partial charge in [0.05, 0.1) is 25.4 Å². The smallest absolute Gasteiger partial charge is 0.329 e. The van der Waals surface area contributed by atoms with Crippen LogP contribution in [0.15, 0.2) is 18.2 Å². The number of fused-ring (bicyclic) bond motifs is 3. The van der Waals surface area contributed by atoms with Gasteiger partial charge in [-0.25, -0.2) is 4.79 Å². The first kappa shape index (κ1) is 14.9. The van der Waals surface area contributed by atoms with Gasteiger partial charge < -0.3 is 19.1 Å². The van der Waals surface area contributed by atoms with Crippen molar-refractivity contribution in [3.63, 3.8) is 0 Å². The molecule has 2 heterocycles. The van der Waals surface area contributed by atoms with Crippen LogP contribution in [0.5, 0.6) is 5.75 Å². The Kier molecular flexibility index (Phi) is 3.80. The van der Waals surface area contributed by atoms with Crippen molar-refractivity contribution in [2.24, 2.45) is 0 Å². The molecular formula is C16H20N2O4. The average Bonchev–Trinajstić information content (AvgIpc) is 2.86. The zero-order valence-electron chi connectivity index (χ0n) is 13.0. The Hall–Kier alpha value is -2.05. The van der Waals surface area contributed by atoms with Crippen molar-refractivity contribution in [2.75, 3.05) is 27.8 Å². The van der Waals surface area contributed by atoms with E-state index in [2.05, 4.69) is 0 Å². The number of ether oxygens (including phenoxy) is 2. The van der Waals surface area contributed by atoms with E-state index < -0.39 is 6.04 Å². The molecule has 6 heteroatoms. The van der Waals surface area contributed by atoms with Crippen molar-refractivity contribution in [3.05, 3.63) is 29.5 Å². The Balaban J connectivity index is 2.29. The van der Waals surface area contributed by atoms with Crippen LogP contribution < -0.4 is 4.74 Å². The summed E-state index contributed by atoms with van der Waals surface area (Å²) < 4.78 is 12.0. The van der Waals surface area contributed by atoms with Gasteiger partial charge in [0.25, 0.3) is 0 Å². The molecule has 0 aliphatic carbocycles. The number of hydrogen-bond donors (Lipinski definition) is 1. The largest absolute Gasteiger partial charge is 0.497 e. The van der Waals surface area contributed by atoms with E-state index in [1.54, 1.807) is 11.7 Å². The van der Waals surface area contributed by atoms with Gasteiger partial charge in [-0.3, -0.25) is 4.90 Å². The molecule has 1 N–H and O–H groups in total. The molecule has 0 saturated heterocycles. The Morgan fingerprint density at radius 3 is 2.82 bits per heavy atom. The van der Waals surface area contributed by atoms with Gasteiger partial charge >= 0.3 is 5.97 Å². The van der Waals surface area contributed by atoms with E-state index in [1.165, 1.54) is 7.11 Å². The summed E-state index contributed by atoms with van der Waals surface area (Å²) in [6, 6.07) is 5.23. The van der Waals surface area contributed by atoms with Crippen LogP contribution in [-0.2, 0) is 22.7 Å². The second kappa shape index (κ2) is 5.62. The highest BCUT2D eigenvalue weighted by Gasteiger charge is 2.36. The van der Waals surface area contributed by atoms with Crippen molar-refractivity contribution in [1.29, 1.82) is 0 Å². The zero-order valence-corrected chi connectivity index (χ0v) is 13.0. The summed E-state index contributed by atoms with van der Waals surface area (Å²) in [5.41, 5.74) is 2.79. The van der Waals surface area contributed by atoms with Gasteiger partial charge in [0.2, 0.25) is 0 Å². The molecule has 1 aromatic heterocycles. The molecule has 1 atom stereocenters. The first-order valence-corrected chi connectivity index (χ1v) is 7.20. The summed E-state index contributed by atoms with van der Waals surface area (Å²) in [4.78, 5) is 14.2. The fourth-order valence-electron chi connectivity index (χ4n) is 3.31. The molecule has 1 aromatic carbocycles. The molecule has 1 aliphatic heterocycles. The summed E-state index contributed by atoms with van der Waals surface area (Å²) in [6.45, 7) is 0.577. The molecule has 0 amide bonds. The normalized spacial score (nSPS) is 18.3. The maximum atomic E-state index is 12.2. The van der Waals surface area contributed by atoms with Gasteiger partial charge in [0.1, 0.15) is 18.5 Å². The lowest BCUT2D eigenvalue weighted by Gasteiger charge is -2.32. The molecule has 1 aliphatic rings. The molecule has 6 nitrogen and oxygen atoms in total. The highest BCUT2D eigenvalue weighted by molar-refractivity contribution is 5.90. The molecule has 2 aromatic rings. The molecule has 22 heavy (non-hydrogen) atoms. The van der Waals surface area contributed by atoms with Gasteiger partial charge in [-0.1, -0.05) is 0 Å². The summed E-state index contributed by atoms with van der Waals surface area (Å²) >= 11 is 0. The second-order valence-corrected chi connectivity index (χ2v) is 5.47. The Labute approximate surface area is 128 Å². The summed E-state index contributed by atoms with van der Waals surface area (Å²) in [5, 5.41) is 10.8. The van der Waals surface area contributed by atoms with Crippen LogP contribution in [0.2, 0.25) is 0 Å². The summed E-state index contributed by atoms with van der Waals surface area (Å²) in [6.07, 6.45) is 0.815. The lowest BCUT2D eigenvalue weighted by molar-refractivity contribution is -0.147. The number of benzene rings is 1. The van der Waals surface area contributed by atoms with Crippen LogP contribution in [0.3, 0.4) is 0 Å². The number of nitrogens with zero attached hydrogens (tertiary/aromatic N) is 2. The average molecular weight is 304 g/mol. The Morgan fingerprint density at radius 1 is 1.41 bits per heavy atom. The molecule has 1 unspecified atom stereocenters. The standard InChI is InChI=1S/C16H20N2O4/c1-17-7-6-11-12-8-10(21-2)4-5-13(12)18(9-19)14(11)15(17)16(20)22-3/h4-5,8,15,19H,6-7,9H2,1-3H3. The van der Waals surface area contributed by atoms with E-state index in [9.17, 15) is 9.90 Å². The third-order valence-electron chi connectivity index (χ3n) is 4.40. The molecular weight excluding hydrogens is 284 g/mol. The first-order chi connectivity index (χ1) is 10.6. The minimum Gasteiger partial charge on any atom is -0.497 e. The predicted molar refractivity (Wildman–Crippen MR) is 81.8 cm³/mol. The van der Waals surface area contributed by atoms with Gasteiger partial charge in [-0.2, -0.15) is 0 Å². The van der Waals surface area contributed by atoms with Crippen LogP contribution in [-0.4, -0.2) is 48.4 Å². The molecule has 0 bridgehead atoms. The Bertz CT molecular complexity index is 722. The van der Waals surface area contributed by atoms with Crippen LogP contribution in [0.1, 0.15) is 17.3 Å². The highest BCUT2D eigenvalue weighted by atomic mass is 16.5. The minimum atomic E-state index is -0.501. The van der Waals surface area contributed by atoms with E-state index in [-0.39, 0.29) is 12.7 Å². The number of aliphatic hydroxyl groups is 1. The van der Waals surface area contributed by atoms with Crippen LogP contribution in [0.4, 0.5) is 0 Å². The number of carbonyl (C=O) groups excluding carboxylic acids is 1. The van der Waals surface area contributed by atoms with Crippen molar-refractivity contribution < 1.29 is 19.4 Å². The van der Waals surface area contributed by atoms with Crippen molar-refractivity contribution >= 4 is 16.9 Å². The molecule has 0 spiro atoms. The number of aromatic nitrogens is 1. The van der Waals surface area contributed by atoms with Gasteiger partial charge in [-0.15, -0.1) is 0 Å². The fourth-order valence-corrected chi connectivity index (χ4v) is 3.31. The van der Waals surface area contributed by atoms with E-state index in [4.69, 9.17) is 9.47 Å². The number of aliphatic hydroxyl groups excluding tert-OH is 1. The lowest BCUT2D eigenvalue weighted by Crippen LogP contribution is -2.38. The third-order valence-corrected chi connectivity index (χ3v) is 4.40. The maximum absolute atomic E-state index is 12.2. The summed E-state index contributed by atoms with van der Waals surface area (Å²) in [5.74, 6) is 0.451. The monoisotopic (exact) mass is 304 g/mol. The lowest BCUT2D eigenvalue weighted by atomic mass is 9.97. The Morgan fingerprint density at radius 2 is 2.18 bits per heavy atom. The summed E-state index contributed by atoms with van der Waals surface area (Å²) in [7, 11) is 4.91.